The van der Waals surface area contributed by atoms with E-state index >= 15 is 0 Å². The van der Waals surface area contributed by atoms with Crippen LogP contribution in [0.2, 0.25) is 0 Å². The first-order valence-corrected chi connectivity index (χ1v) is 8.32. The zero-order valence-corrected chi connectivity index (χ0v) is 12.7. The minimum Gasteiger partial charge on any atom is -0.389 e. The quantitative estimate of drug-likeness (QED) is 0.920. The molecule has 1 aromatic rings. The van der Waals surface area contributed by atoms with Gasteiger partial charge in [0.15, 0.2) is 0 Å². The minimum absolute atomic E-state index is 0.452. The van der Waals surface area contributed by atoms with Crippen molar-refractivity contribution in [2.75, 3.05) is 0 Å². The SMILES string of the molecule is CCc1cc(CC2(O)C3CC4CC(C3)CC2C4)n(C)n1. The first-order chi connectivity index (χ1) is 9.58. The Morgan fingerprint density at radius 2 is 1.80 bits per heavy atom. The fourth-order valence-electron chi connectivity index (χ4n) is 5.49. The van der Waals surface area contributed by atoms with Crippen molar-refractivity contribution < 1.29 is 5.11 Å². The Hall–Kier alpha value is -0.830. The van der Waals surface area contributed by atoms with Crippen LogP contribution in [0.5, 0.6) is 0 Å². The Morgan fingerprint density at radius 1 is 1.20 bits per heavy atom. The van der Waals surface area contributed by atoms with Crippen molar-refractivity contribution in [2.24, 2.45) is 30.7 Å². The van der Waals surface area contributed by atoms with Crippen molar-refractivity contribution in [1.82, 2.24) is 9.78 Å². The average Bonchev–Trinajstić information content (AvgIpc) is 2.76. The molecule has 3 heteroatoms. The number of aliphatic hydroxyl groups is 1. The van der Waals surface area contributed by atoms with E-state index in [0.29, 0.717) is 11.8 Å². The second kappa shape index (κ2) is 4.33. The summed E-state index contributed by atoms with van der Waals surface area (Å²) < 4.78 is 1.99. The van der Waals surface area contributed by atoms with Crippen LogP contribution < -0.4 is 0 Å². The van der Waals surface area contributed by atoms with Gasteiger partial charge in [0.1, 0.15) is 0 Å². The summed E-state index contributed by atoms with van der Waals surface area (Å²) in [4.78, 5) is 0. The van der Waals surface area contributed by atoms with Gasteiger partial charge in [-0.15, -0.1) is 0 Å². The maximum absolute atomic E-state index is 11.4. The van der Waals surface area contributed by atoms with Crippen molar-refractivity contribution in [3.05, 3.63) is 17.5 Å². The lowest BCUT2D eigenvalue weighted by Gasteiger charge is -2.59. The van der Waals surface area contributed by atoms with Gasteiger partial charge in [0.05, 0.1) is 11.3 Å². The van der Waals surface area contributed by atoms with E-state index in [1.807, 2.05) is 11.7 Å². The summed E-state index contributed by atoms with van der Waals surface area (Å²) >= 11 is 0. The van der Waals surface area contributed by atoms with Gasteiger partial charge in [-0.2, -0.15) is 5.10 Å². The highest BCUT2D eigenvalue weighted by molar-refractivity contribution is 5.17. The number of hydrogen-bond donors (Lipinski definition) is 1. The topological polar surface area (TPSA) is 38.0 Å². The molecule has 0 radical (unpaired) electrons. The Kier molecular flexibility index (Phi) is 2.79. The molecular formula is C17H26N2O. The summed E-state index contributed by atoms with van der Waals surface area (Å²) in [5.41, 5.74) is 1.92. The molecule has 20 heavy (non-hydrogen) atoms. The van der Waals surface area contributed by atoms with Gasteiger partial charge < -0.3 is 5.11 Å². The summed E-state index contributed by atoms with van der Waals surface area (Å²) in [5, 5.41) is 16.0. The van der Waals surface area contributed by atoms with Crippen LogP contribution in [0.25, 0.3) is 0 Å². The number of rotatable bonds is 3. The molecule has 0 saturated heterocycles. The van der Waals surface area contributed by atoms with E-state index in [9.17, 15) is 5.11 Å². The lowest BCUT2D eigenvalue weighted by atomic mass is 9.49. The molecule has 1 N–H and O–H groups in total. The van der Waals surface area contributed by atoms with E-state index in [-0.39, 0.29) is 0 Å². The summed E-state index contributed by atoms with van der Waals surface area (Å²) in [6.07, 6.45) is 8.29. The van der Waals surface area contributed by atoms with Crippen LogP contribution in [0.15, 0.2) is 6.07 Å². The third kappa shape index (κ3) is 1.78. The van der Waals surface area contributed by atoms with Crippen molar-refractivity contribution in [3.63, 3.8) is 0 Å². The molecule has 4 fully saturated rings. The molecule has 5 rings (SSSR count). The van der Waals surface area contributed by atoms with E-state index in [4.69, 9.17) is 0 Å². The zero-order chi connectivity index (χ0) is 13.9. The molecule has 1 heterocycles. The molecule has 4 bridgehead atoms. The highest BCUT2D eigenvalue weighted by atomic mass is 16.3. The largest absolute Gasteiger partial charge is 0.389 e. The zero-order valence-electron chi connectivity index (χ0n) is 12.7. The molecule has 0 atom stereocenters. The van der Waals surface area contributed by atoms with Crippen molar-refractivity contribution in [2.45, 2.75) is 57.5 Å². The predicted octanol–water partition coefficient (Wildman–Crippen LogP) is 2.71. The van der Waals surface area contributed by atoms with Crippen LogP contribution >= 0.6 is 0 Å². The maximum Gasteiger partial charge on any atom is 0.0759 e. The second-order valence-electron chi connectivity index (χ2n) is 7.58. The third-order valence-electron chi connectivity index (χ3n) is 6.41. The van der Waals surface area contributed by atoms with Gasteiger partial charge in [-0.3, -0.25) is 4.68 Å². The number of aromatic nitrogens is 2. The van der Waals surface area contributed by atoms with Crippen LogP contribution in [-0.2, 0) is 19.9 Å². The summed E-state index contributed by atoms with van der Waals surface area (Å²) in [6.45, 7) is 2.14. The van der Waals surface area contributed by atoms with Gasteiger partial charge in [0, 0.05) is 19.2 Å². The van der Waals surface area contributed by atoms with Gasteiger partial charge >= 0.3 is 0 Å². The standard InChI is InChI=1S/C17H26N2O/c1-3-15-9-16(19(2)18-15)10-17(20)13-5-11-4-12(7-13)8-14(17)6-11/h9,11-14,20H,3-8,10H2,1-2H3. The molecule has 0 aliphatic heterocycles. The van der Waals surface area contributed by atoms with Gasteiger partial charge in [-0.05, 0) is 68.3 Å². The molecule has 3 nitrogen and oxygen atoms in total. The minimum atomic E-state index is -0.452. The van der Waals surface area contributed by atoms with Gasteiger partial charge in [0.25, 0.3) is 0 Å². The fourth-order valence-corrected chi connectivity index (χ4v) is 5.49. The predicted molar refractivity (Wildman–Crippen MR) is 78.3 cm³/mol. The van der Waals surface area contributed by atoms with E-state index < -0.39 is 5.60 Å². The molecule has 4 saturated carbocycles. The highest BCUT2D eigenvalue weighted by Gasteiger charge is 2.56. The smallest absolute Gasteiger partial charge is 0.0759 e. The second-order valence-corrected chi connectivity index (χ2v) is 7.58. The van der Waals surface area contributed by atoms with Crippen LogP contribution in [0.4, 0.5) is 0 Å². The normalized spacial score (nSPS) is 42.4. The first-order valence-electron chi connectivity index (χ1n) is 8.32. The molecule has 4 aliphatic rings. The molecule has 1 aromatic heterocycles. The Labute approximate surface area is 121 Å². The molecule has 4 aliphatic carbocycles. The monoisotopic (exact) mass is 274 g/mol. The van der Waals surface area contributed by atoms with E-state index in [1.54, 1.807) is 0 Å². The van der Waals surface area contributed by atoms with Crippen molar-refractivity contribution in [3.8, 4) is 0 Å². The van der Waals surface area contributed by atoms with Crippen LogP contribution in [-0.4, -0.2) is 20.5 Å². The van der Waals surface area contributed by atoms with E-state index in [2.05, 4.69) is 18.1 Å². The van der Waals surface area contributed by atoms with Crippen LogP contribution in [0, 0.1) is 23.7 Å². The van der Waals surface area contributed by atoms with Crippen LogP contribution in [0.1, 0.15) is 50.4 Å². The molecule has 0 aromatic carbocycles. The lowest BCUT2D eigenvalue weighted by molar-refractivity contribution is -0.172. The molecule has 0 unspecified atom stereocenters. The third-order valence-corrected chi connectivity index (χ3v) is 6.41. The first kappa shape index (κ1) is 12.9. The Balaban J connectivity index is 1.62. The highest BCUT2D eigenvalue weighted by Crippen LogP contribution is 2.59. The van der Waals surface area contributed by atoms with Gasteiger partial charge in [0.2, 0.25) is 0 Å². The summed E-state index contributed by atoms with van der Waals surface area (Å²) in [5.74, 6) is 2.91. The Morgan fingerprint density at radius 3 is 2.30 bits per heavy atom. The average molecular weight is 274 g/mol. The maximum atomic E-state index is 11.4. The number of nitrogens with zero attached hydrogens (tertiary/aromatic N) is 2. The van der Waals surface area contributed by atoms with Crippen molar-refractivity contribution >= 4 is 0 Å². The van der Waals surface area contributed by atoms with E-state index in [0.717, 1.165) is 30.4 Å². The van der Waals surface area contributed by atoms with E-state index in [1.165, 1.54) is 37.8 Å². The molecule has 0 amide bonds. The molecule has 110 valence electrons. The summed E-state index contributed by atoms with van der Waals surface area (Å²) in [6, 6.07) is 2.20. The molecule has 0 spiro atoms. The number of hydrogen-bond acceptors (Lipinski definition) is 2. The number of aryl methyl sites for hydroxylation is 2. The fraction of sp³-hybridized carbons (Fsp3) is 0.824. The molecular weight excluding hydrogens is 248 g/mol. The lowest BCUT2D eigenvalue weighted by Crippen LogP contribution is -2.58. The van der Waals surface area contributed by atoms with Gasteiger partial charge in [-0.1, -0.05) is 6.92 Å². The Bertz CT molecular complexity index is 491. The van der Waals surface area contributed by atoms with Crippen molar-refractivity contribution in [1.29, 1.82) is 0 Å². The van der Waals surface area contributed by atoms with Crippen LogP contribution in [0.3, 0.4) is 0 Å². The summed E-state index contributed by atoms with van der Waals surface area (Å²) in [7, 11) is 2.02. The van der Waals surface area contributed by atoms with Gasteiger partial charge in [-0.25, -0.2) is 0 Å².